The Balaban J connectivity index is 4.70. The van der Waals surface area contributed by atoms with E-state index < -0.39 is 0 Å². The topological polar surface area (TPSA) is 29.1 Å². The molecule has 0 radical (unpaired) electrons. The Kier molecular flexibility index (Phi) is 6.06. The average Bonchev–Trinajstić information content (AvgIpc) is 2.14. The molecule has 18 heavy (non-hydrogen) atoms. The molecule has 0 unspecified atom stereocenters. The van der Waals surface area contributed by atoms with Crippen LogP contribution < -0.4 is 5.32 Å². The van der Waals surface area contributed by atoms with Crippen molar-refractivity contribution in [2.45, 2.75) is 92.2 Å². The normalized spacial score (nSPS) is 13.8. The summed E-state index contributed by atoms with van der Waals surface area (Å²) < 4.78 is 0. The average molecular weight is 255 g/mol. The fourth-order valence-corrected chi connectivity index (χ4v) is 2.82. The Morgan fingerprint density at radius 3 is 1.83 bits per heavy atom. The standard InChI is InChI=1S/C16H33NO/c1-9-11-13(18)14(3,4)12-16(7,8)17-15(5,6)10-2/h17H,9-12H2,1-8H3. The molecule has 0 heterocycles. The van der Waals surface area contributed by atoms with E-state index in [1.54, 1.807) is 0 Å². The van der Waals surface area contributed by atoms with E-state index >= 15 is 0 Å². The number of carbonyl (C=O) groups is 1. The van der Waals surface area contributed by atoms with Gasteiger partial charge in [0, 0.05) is 22.9 Å². The number of hydrogen-bond donors (Lipinski definition) is 1. The maximum atomic E-state index is 12.1. The summed E-state index contributed by atoms with van der Waals surface area (Å²) >= 11 is 0. The van der Waals surface area contributed by atoms with E-state index in [0.29, 0.717) is 12.2 Å². The Bertz CT molecular complexity index is 277. The second kappa shape index (κ2) is 6.18. The first-order valence-corrected chi connectivity index (χ1v) is 7.28. The fraction of sp³-hybridized carbons (Fsp3) is 0.938. The summed E-state index contributed by atoms with van der Waals surface area (Å²) in [6.45, 7) is 17.2. The molecular weight excluding hydrogens is 222 g/mol. The molecule has 0 saturated heterocycles. The molecule has 0 atom stereocenters. The number of ketones is 1. The van der Waals surface area contributed by atoms with Crippen LogP contribution in [-0.2, 0) is 4.79 Å². The van der Waals surface area contributed by atoms with E-state index in [4.69, 9.17) is 0 Å². The van der Waals surface area contributed by atoms with E-state index in [-0.39, 0.29) is 16.5 Å². The van der Waals surface area contributed by atoms with Crippen molar-refractivity contribution in [3.63, 3.8) is 0 Å². The van der Waals surface area contributed by atoms with Crippen LogP contribution >= 0.6 is 0 Å². The van der Waals surface area contributed by atoms with Gasteiger partial charge in [-0.15, -0.1) is 0 Å². The zero-order chi connectivity index (χ0) is 14.6. The van der Waals surface area contributed by atoms with Crippen molar-refractivity contribution in [1.82, 2.24) is 5.32 Å². The summed E-state index contributed by atoms with van der Waals surface area (Å²) in [5, 5.41) is 3.68. The SMILES string of the molecule is CCCC(=O)C(C)(C)CC(C)(C)NC(C)(C)CC. The maximum absolute atomic E-state index is 12.1. The van der Waals surface area contributed by atoms with Crippen LogP contribution in [0.5, 0.6) is 0 Å². The third kappa shape index (κ3) is 5.99. The molecule has 0 fully saturated rings. The molecule has 0 aromatic carbocycles. The van der Waals surface area contributed by atoms with Crippen LogP contribution in [0.4, 0.5) is 0 Å². The van der Waals surface area contributed by atoms with E-state index in [0.717, 1.165) is 19.3 Å². The minimum Gasteiger partial charge on any atom is -0.307 e. The third-order valence-corrected chi connectivity index (χ3v) is 3.68. The van der Waals surface area contributed by atoms with Gasteiger partial charge >= 0.3 is 0 Å². The van der Waals surface area contributed by atoms with Crippen LogP contribution in [0.2, 0.25) is 0 Å². The van der Waals surface area contributed by atoms with Gasteiger partial charge in [-0.25, -0.2) is 0 Å². The van der Waals surface area contributed by atoms with Crippen LogP contribution in [0.1, 0.15) is 81.1 Å². The smallest absolute Gasteiger partial charge is 0.138 e. The highest BCUT2D eigenvalue weighted by Crippen LogP contribution is 2.31. The first-order chi connectivity index (χ1) is 7.96. The maximum Gasteiger partial charge on any atom is 0.138 e. The van der Waals surface area contributed by atoms with Crippen LogP contribution in [0.15, 0.2) is 0 Å². The molecule has 0 spiro atoms. The van der Waals surface area contributed by atoms with Crippen molar-refractivity contribution in [2.75, 3.05) is 0 Å². The van der Waals surface area contributed by atoms with Crippen LogP contribution in [0, 0.1) is 5.41 Å². The summed E-state index contributed by atoms with van der Waals surface area (Å²) in [6.07, 6.45) is 3.60. The lowest BCUT2D eigenvalue weighted by Gasteiger charge is -2.41. The van der Waals surface area contributed by atoms with Crippen molar-refractivity contribution in [3.8, 4) is 0 Å². The van der Waals surface area contributed by atoms with E-state index in [2.05, 4.69) is 60.7 Å². The first kappa shape index (κ1) is 17.6. The third-order valence-electron chi connectivity index (χ3n) is 3.68. The van der Waals surface area contributed by atoms with Gasteiger partial charge in [0.05, 0.1) is 0 Å². The van der Waals surface area contributed by atoms with E-state index in [9.17, 15) is 4.79 Å². The summed E-state index contributed by atoms with van der Waals surface area (Å²) in [7, 11) is 0. The Morgan fingerprint density at radius 2 is 1.44 bits per heavy atom. The van der Waals surface area contributed by atoms with Gasteiger partial charge in [-0.05, 0) is 47.0 Å². The molecule has 1 N–H and O–H groups in total. The predicted molar refractivity (Wildman–Crippen MR) is 79.9 cm³/mol. The minimum atomic E-state index is -0.240. The molecule has 0 saturated carbocycles. The van der Waals surface area contributed by atoms with Gasteiger partial charge in [0.15, 0.2) is 0 Å². The molecule has 0 amide bonds. The molecule has 0 aliphatic rings. The van der Waals surface area contributed by atoms with Gasteiger partial charge in [0.25, 0.3) is 0 Å². The molecule has 0 rings (SSSR count). The zero-order valence-electron chi connectivity index (χ0n) is 13.7. The lowest BCUT2D eigenvalue weighted by atomic mass is 9.75. The highest BCUT2D eigenvalue weighted by Gasteiger charge is 2.35. The molecule has 2 nitrogen and oxygen atoms in total. The highest BCUT2D eigenvalue weighted by molar-refractivity contribution is 5.84. The van der Waals surface area contributed by atoms with E-state index in [1.165, 1.54) is 0 Å². The summed E-state index contributed by atoms with van der Waals surface area (Å²) in [4.78, 5) is 12.1. The number of rotatable bonds is 8. The predicted octanol–water partition coefficient (Wildman–Crippen LogP) is 4.33. The van der Waals surface area contributed by atoms with Gasteiger partial charge < -0.3 is 5.32 Å². The summed E-state index contributed by atoms with van der Waals surface area (Å²) in [5.74, 6) is 0.383. The number of nitrogens with one attached hydrogen (secondary N) is 1. The van der Waals surface area contributed by atoms with Crippen molar-refractivity contribution >= 4 is 5.78 Å². The zero-order valence-corrected chi connectivity index (χ0v) is 13.7. The molecule has 0 aromatic rings. The van der Waals surface area contributed by atoms with Crippen molar-refractivity contribution in [1.29, 1.82) is 0 Å². The van der Waals surface area contributed by atoms with E-state index in [1.807, 2.05) is 0 Å². The second-order valence-corrected chi connectivity index (χ2v) is 7.48. The molecule has 108 valence electrons. The van der Waals surface area contributed by atoms with Gasteiger partial charge in [-0.1, -0.05) is 27.7 Å². The largest absolute Gasteiger partial charge is 0.307 e. The second-order valence-electron chi connectivity index (χ2n) is 7.48. The van der Waals surface area contributed by atoms with Crippen molar-refractivity contribution in [3.05, 3.63) is 0 Å². The van der Waals surface area contributed by atoms with Crippen LogP contribution in [0.3, 0.4) is 0 Å². The molecule has 0 bridgehead atoms. The monoisotopic (exact) mass is 255 g/mol. The molecule has 2 heteroatoms. The van der Waals surface area contributed by atoms with Gasteiger partial charge in [0.1, 0.15) is 5.78 Å². The van der Waals surface area contributed by atoms with Crippen molar-refractivity contribution < 1.29 is 4.79 Å². The minimum absolute atomic E-state index is 0.0214. The molecule has 0 aliphatic heterocycles. The van der Waals surface area contributed by atoms with Gasteiger partial charge in [-0.2, -0.15) is 0 Å². The quantitative estimate of drug-likeness (QED) is 0.699. The molecule has 0 aromatic heterocycles. The van der Waals surface area contributed by atoms with Crippen LogP contribution in [-0.4, -0.2) is 16.9 Å². The van der Waals surface area contributed by atoms with Crippen molar-refractivity contribution in [2.24, 2.45) is 5.41 Å². The summed E-state index contributed by atoms with van der Waals surface area (Å²) in [6, 6.07) is 0. The number of hydrogen-bond acceptors (Lipinski definition) is 2. The lowest BCUT2D eigenvalue weighted by Crippen LogP contribution is -2.54. The molecule has 0 aliphatic carbocycles. The Morgan fingerprint density at radius 1 is 0.944 bits per heavy atom. The number of Topliss-reactive ketones (excluding diaryl/α,β-unsaturated/α-hetero) is 1. The van der Waals surface area contributed by atoms with Gasteiger partial charge in [-0.3, -0.25) is 4.79 Å². The van der Waals surface area contributed by atoms with Gasteiger partial charge in [0.2, 0.25) is 0 Å². The highest BCUT2D eigenvalue weighted by atomic mass is 16.1. The lowest BCUT2D eigenvalue weighted by molar-refractivity contribution is -0.128. The molecular formula is C16H33NO. The first-order valence-electron chi connectivity index (χ1n) is 7.28. The fourth-order valence-electron chi connectivity index (χ4n) is 2.82. The number of carbonyl (C=O) groups excluding carboxylic acids is 1. The van der Waals surface area contributed by atoms with Crippen LogP contribution in [0.25, 0.3) is 0 Å². The Labute approximate surface area is 114 Å². The summed E-state index contributed by atoms with van der Waals surface area (Å²) in [5.41, 5.74) is -0.143. The Hall–Kier alpha value is -0.370.